The van der Waals surface area contributed by atoms with Gasteiger partial charge in [0.25, 0.3) is 0 Å². The summed E-state index contributed by atoms with van der Waals surface area (Å²) in [7, 11) is 2.09. The fourth-order valence-electron chi connectivity index (χ4n) is 3.55. The minimum Gasteiger partial charge on any atom is -0.342 e. The number of likely N-dealkylation sites (N-methyl/N-ethyl adjacent to an activating group) is 1. The Morgan fingerprint density at radius 3 is 2.16 bits per heavy atom. The molecule has 2 aliphatic rings. The SMILES string of the molecule is CN1CCN(C(=O)C2CCN(C(=O)Cc3ccc(Cl)cc3)CC2)CC1. The molecule has 0 aliphatic carbocycles. The number of carbonyl (C=O) groups is 2. The lowest BCUT2D eigenvalue weighted by molar-refractivity contribution is -0.141. The topological polar surface area (TPSA) is 43.9 Å². The average molecular weight is 364 g/mol. The van der Waals surface area contributed by atoms with Crippen molar-refractivity contribution in [2.75, 3.05) is 46.3 Å². The molecule has 2 fully saturated rings. The van der Waals surface area contributed by atoms with E-state index >= 15 is 0 Å². The van der Waals surface area contributed by atoms with Crippen LogP contribution in [0.3, 0.4) is 0 Å². The van der Waals surface area contributed by atoms with Gasteiger partial charge in [0.1, 0.15) is 0 Å². The summed E-state index contributed by atoms with van der Waals surface area (Å²) in [5, 5.41) is 0.680. The predicted octanol–water partition coefficient (Wildman–Crippen LogP) is 1.90. The third-order valence-electron chi connectivity index (χ3n) is 5.28. The number of rotatable bonds is 3. The van der Waals surface area contributed by atoms with E-state index in [9.17, 15) is 9.59 Å². The van der Waals surface area contributed by atoms with Crippen molar-refractivity contribution in [3.8, 4) is 0 Å². The quantitative estimate of drug-likeness (QED) is 0.823. The van der Waals surface area contributed by atoms with Gasteiger partial charge in [0.15, 0.2) is 0 Å². The molecular formula is C19H26ClN3O2. The van der Waals surface area contributed by atoms with Crippen molar-refractivity contribution in [3.63, 3.8) is 0 Å². The number of piperazine rings is 1. The monoisotopic (exact) mass is 363 g/mol. The number of hydrogen-bond acceptors (Lipinski definition) is 3. The lowest BCUT2D eigenvalue weighted by atomic mass is 9.94. The van der Waals surface area contributed by atoms with Gasteiger partial charge in [-0.3, -0.25) is 9.59 Å². The first-order valence-electron chi connectivity index (χ1n) is 9.02. The van der Waals surface area contributed by atoms with E-state index in [0.717, 1.165) is 44.6 Å². The zero-order chi connectivity index (χ0) is 17.8. The minimum atomic E-state index is 0.0722. The van der Waals surface area contributed by atoms with Gasteiger partial charge in [-0.15, -0.1) is 0 Å². The Balaban J connectivity index is 1.47. The van der Waals surface area contributed by atoms with Gasteiger partial charge >= 0.3 is 0 Å². The van der Waals surface area contributed by atoms with Crippen LogP contribution in [0.5, 0.6) is 0 Å². The van der Waals surface area contributed by atoms with Gasteiger partial charge in [-0.05, 0) is 37.6 Å². The highest BCUT2D eigenvalue weighted by Crippen LogP contribution is 2.21. The van der Waals surface area contributed by atoms with Crippen molar-refractivity contribution in [1.29, 1.82) is 0 Å². The van der Waals surface area contributed by atoms with Crippen LogP contribution in [0.15, 0.2) is 24.3 Å². The lowest BCUT2D eigenvalue weighted by Gasteiger charge is -2.37. The van der Waals surface area contributed by atoms with Crippen LogP contribution in [0.2, 0.25) is 5.02 Å². The van der Waals surface area contributed by atoms with E-state index in [1.165, 1.54) is 0 Å². The number of carbonyl (C=O) groups excluding carboxylic acids is 2. The van der Waals surface area contributed by atoms with Gasteiger partial charge in [0.2, 0.25) is 11.8 Å². The maximum atomic E-state index is 12.7. The second-order valence-corrected chi connectivity index (χ2v) is 7.52. The Bertz CT molecular complexity index is 604. The second kappa shape index (κ2) is 8.19. The molecule has 0 unspecified atom stereocenters. The van der Waals surface area contributed by atoms with Crippen molar-refractivity contribution in [1.82, 2.24) is 14.7 Å². The maximum Gasteiger partial charge on any atom is 0.226 e. The standard InChI is InChI=1S/C19H26ClN3O2/c1-21-10-12-23(13-11-21)19(25)16-6-8-22(9-7-16)18(24)14-15-2-4-17(20)5-3-15/h2-5,16H,6-14H2,1H3. The van der Waals surface area contributed by atoms with Crippen molar-refractivity contribution in [3.05, 3.63) is 34.9 Å². The van der Waals surface area contributed by atoms with Crippen molar-refractivity contribution in [2.24, 2.45) is 5.92 Å². The molecule has 5 nitrogen and oxygen atoms in total. The van der Waals surface area contributed by atoms with Crippen LogP contribution < -0.4 is 0 Å². The highest BCUT2D eigenvalue weighted by atomic mass is 35.5. The van der Waals surface area contributed by atoms with Crippen LogP contribution in [0, 0.1) is 5.92 Å². The van der Waals surface area contributed by atoms with Gasteiger partial charge < -0.3 is 14.7 Å². The van der Waals surface area contributed by atoms with Gasteiger partial charge in [-0.2, -0.15) is 0 Å². The van der Waals surface area contributed by atoms with E-state index in [-0.39, 0.29) is 17.7 Å². The summed E-state index contributed by atoms with van der Waals surface area (Å²) in [5.41, 5.74) is 0.977. The van der Waals surface area contributed by atoms with Crippen molar-refractivity contribution < 1.29 is 9.59 Å². The van der Waals surface area contributed by atoms with E-state index < -0.39 is 0 Å². The van der Waals surface area contributed by atoms with Crippen LogP contribution >= 0.6 is 11.6 Å². The number of piperidine rings is 1. The summed E-state index contributed by atoms with van der Waals surface area (Å²) >= 11 is 5.88. The number of amides is 2. The number of benzene rings is 1. The first-order chi connectivity index (χ1) is 12.0. The number of halogens is 1. The highest BCUT2D eigenvalue weighted by Gasteiger charge is 2.31. The molecule has 2 heterocycles. The fourth-order valence-corrected chi connectivity index (χ4v) is 3.68. The van der Waals surface area contributed by atoms with Gasteiger partial charge in [0, 0.05) is 50.2 Å². The molecule has 0 bridgehead atoms. The summed E-state index contributed by atoms with van der Waals surface area (Å²) in [6.45, 7) is 4.90. The molecule has 0 atom stereocenters. The summed E-state index contributed by atoms with van der Waals surface area (Å²) in [5.74, 6) is 0.480. The molecule has 0 aromatic heterocycles. The maximum absolute atomic E-state index is 12.7. The van der Waals surface area contributed by atoms with Gasteiger partial charge in [-0.1, -0.05) is 23.7 Å². The Hall–Kier alpha value is -1.59. The van der Waals surface area contributed by atoms with E-state index in [1.54, 1.807) is 0 Å². The average Bonchev–Trinajstić information content (AvgIpc) is 2.64. The fraction of sp³-hybridized carbons (Fsp3) is 0.579. The smallest absolute Gasteiger partial charge is 0.226 e. The number of hydrogen-bond donors (Lipinski definition) is 0. The first-order valence-corrected chi connectivity index (χ1v) is 9.40. The molecule has 0 N–H and O–H groups in total. The Morgan fingerprint density at radius 2 is 1.56 bits per heavy atom. The van der Waals surface area contributed by atoms with E-state index in [4.69, 9.17) is 11.6 Å². The Morgan fingerprint density at radius 1 is 0.960 bits per heavy atom. The largest absolute Gasteiger partial charge is 0.342 e. The summed E-state index contributed by atoms with van der Waals surface area (Å²) in [4.78, 5) is 31.2. The molecule has 25 heavy (non-hydrogen) atoms. The van der Waals surface area contributed by atoms with Crippen molar-refractivity contribution in [2.45, 2.75) is 19.3 Å². The molecule has 0 saturated carbocycles. The second-order valence-electron chi connectivity index (χ2n) is 7.09. The molecule has 136 valence electrons. The summed E-state index contributed by atoms with van der Waals surface area (Å²) < 4.78 is 0. The van der Waals surface area contributed by atoms with Crippen LogP contribution in [0.1, 0.15) is 18.4 Å². The number of likely N-dealkylation sites (tertiary alicyclic amines) is 1. The predicted molar refractivity (Wildman–Crippen MR) is 98.5 cm³/mol. The molecule has 2 aliphatic heterocycles. The molecule has 0 spiro atoms. The lowest BCUT2D eigenvalue weighted by Crippen LogP contribution is -2.51. The van der Waals surface area contributed by atoms with Crippen LogP contribution in [0.4, 0.5) is 0 Å². The molecule has 1 aromatic carbocycles. The third-order valence-corrected chi connectivity index (χ3v) is 5.53. The summed E-state index contributed by atoms with van der Waals surface area (Å²) in [6, 6.07) is 7.41. The van der Waals surface area contributed by atoms with Gasteiger partial charge in [-0.25, -0.2) is 0 Å². The highest BCUT2D eigenvalue weighted by molar-refractivity contribution is 6.30. The molecule has 6 heteroatoms. The minimum absolute atomic E-state index is 0.0722. The molecule has 3 rings (SSSR count). The van der Waals surface area contributed by atoms with Crippen molar-refractivity contribution >= 4 is 23.4 Å². The Labute approximate surface area is 154 Å². The summed E-state index contributed by atoms with van der Waals surface area (Å²) in [6.07, 6.45) is 1.95. The van der Waals surface area contributed by atoms with E-state index in [2.05, 4.69) is 11.9 Å². The molecule has 2 amide bonds. The normalized spacial score (nSPS) is 19.9. The van der Waals surface area contributed by atoms with Crippen LogP contribution in [-0.4, -0.2) is 72.8 Å². The van der Waals surface area contributed by atoms with Gasteiger partial charge in [0.05, 0.1) is 6.42 Å². The van der Waals surface area contributed by atoms with E-state index in [1.807, 2.05) is 34.1 Å². The molecule has 1 aromatic rings. The first kappa shape index (κ1) is 18.2. The van der Waals surface area contributed by atoms with Crippen LogP contribution in [-0.2, 0) is 16.0 Å². The Kier molecular flexibility index (Phi) is 5.97. The zero-order valence-corrected chi connectivity index (χ0v) is 15.5. The van der Waals surface area contributed by atoms with Crippen LogP contribution in [0.25, 0.3) is 0 Å². The zero-order valence-electron chi connectivity index (χ0n) is 14.8. The van der Waals surface area contributed by atoms with E-state index in [0.29, 0.717) is 24.5 Å². The molecule has 0 radical (unpaired) electrons. The molecular weight excluding hydrogens is 338 g/mol. The third kappa shape index (κ3) is 4.73. The molecule has 2 saturated heterocycles. The number of nitrogens with zero attached hydrogens (tertiary/aromatic N) is 3.